The summed E-state index contributed by atoms with van der Waals surface area (Å²) in [6.07, 6.45) is 3.99. The van der Waals surface area contributed by atoms with Gasteiger partial charge in [-0.2, -0.15) is 0 Å². The summed E-state index contributed by atoms with van der Waals surface area (Å²) in [5, 5.41) is 0.422. The van der Waals surface area contributed by atoms with Crippen LogP contribution < -0.4 is 5.73 Å². The van der Waals surface area contributed by atoms with Gasteiger partial charge in [-0.1, -0.05) is 24.6 Å². The fourth-order valence-corrected chi connectivity index (χ4v) is 3.48. The first kappa shape index (κ1) is 20.7. The van der Waals surface area contributed by atoms with Gasteiger partial charge >= 0.3 is 0 Å². The Morgan fingerprint density at radius 3 is 2.38 bits per heavy atom. The minimum Gasteiger partial charge on any atom is -0.384 e. The van der Waals surface area contributed by atoms with E-state index in [1.807, 2.05) is 32.9 Å². The molecule has 0 aliphatic rings. The number of aromatic nitrogens is 3. The molecule has 3 aromatic rings. The number of hydrogen-bond donors (Lipinski definition) is 1. The average molecular weight is 410 g/mol. The second kappa shape index (κ2) is 9.01. The molecule has 2 heterocycles. The summed E-state index contributed by atoms with van der Waals surface area (Å²) in [4.78, 5) is 27.8. The molecule has 0 saturated heterocycles. The van der Waals surface area contributed by atoms with Crippen molar-refractivity contribution in [3.8, 4) is 22.4 Å². The zero-order valence-corrected chi connectivity index (χ0v) is 17.6. The molecule has 6 nitrogen and oxygen atoms in total. The highest BCUT2D eigenvalue weighted by Crippen LogP contribution is 2.34. The second-order valence-electron chi connectivity index (χ2n) is 6.54. The van der Waals surface area contributed by atoms with Crippen molar-refractivity contribution < 1.29 is 4.79 Å². The van der Waals surface area contributed by atoms with Crippen LogP contribution in [-0.4, -0.2) is 38.8 Å². The van der Waals surface area contributed by atoms with Gasteiger partial charge in [0.05, 0.1) is 22.0 Å². The third-order valence-electron chi connectivity index (χ3n) is 4.86. The topological polar surface area (TPSA) is 85.0 Å². The number of amides is 1. The molecule has 150 valence electrons. The van der Waals surface area contributed by atoms with Crippen LogP contribution in [0.15, 0.2) is 42.9 Å². The zero-order valence-electron chi connectivity index (χ0n) is 16.8. The van der Waals surface area contributed by atoms with Gasteiger partial charge in [0, 0.05) is 36.0 Å². The summed E-state index contributed by atoms with van der Waals surface area (Å²) in [5.41, 5.74) is 10.4. The molecule has 0 unspecified atom stereocenters. The number of anilines is 1. The lowest BCUT2D eigenvalue weighted by molar-refractivity contribution is 0.0773. The number of pyridine rings is 1. The van der Waals surface area contributed by atoms with Crippen LogP contribution in [0.25, 0.3) is 22.4 Å². The van der Waals surface area contributed by atoms with Gasteiger partial charge in [0.25, 0.3) is 5.91 Å². The first-order valence-electron chi connectivity index (χ1n) is 9.65. The van der Waals surface area contributed by atoms with Gasteiger partial charge in [-0.15, -0.1) is 0 Å². The largest absolute Gasteiger partial charge is 0.384 e. The fourth-order valence-electron chi connectivity index (χ4n) is 3.28. The van der Waals surface area contributed by atoms with Gasteiger partial charge in [0.15, 0.2) is 0 Å². The first-order chi connectivity index (χ1) is 14.0. The molecule has 0 saturated carbocycles. The molecule has 0 aliphatic heterocycles. The number of hydrogen-bond acceptors (Lipinski definition) is 5. The van der Waals surface area contributed by atoms with Gasteiger partial charge in [-0.25, -0.2) is 15.0 Å². The third-order valence-corrected chi connectivity index (χ3v) is 5.19. The number of nitrogen functional groups attached to an aromatic ring is 1. The number of halogens is 1. The Balaban J connectivity index is 2.18. The Bertz CT molecular complexity index is 1020. The monoisotopic (exact) mass is 409 g/mol. The predicted octanol–water partition coefficient (Wildman–Crippen LogP) is 4.49. The predicted molar refractivity (Wildman–Crippen MR) is 117 cm³/mol. The minimum atomic E-state index is -0.0951. The quantitative estimate of drug-likeness (QED) is 0.648. The summed E-state index contributed by atoms with van der Waals surface area (Å²) in [7, 11) is 0. The van der Waals surface area contributed by atoms with E-state index in [2.05, 4.69) is 15.0 Å². The van der Waals surface area contributed by atoms with Gasteiger partial charge in [-0.3, -0.25) is 4.79 Å². The maximum Gasteiger partial charge on any atom is 0.255 e. The molecule has 1 aromatic carbocycles. The molecular weight excluding hydrogens is 386 g/mol. The molecule has 0 bridgehead atoms. The van der Waals surface area contributed by atoms with E-state index in [-0.39, 0.29) is 5.91 Å². The van der Waals surface area contributed by atoms with Gasteiger partial charge in [0.2, 0.25) is 0 Å². The molecule has 2 aromatic heterocycles. The number of rotatable bonds is 6. The van der Waals surface area contributed by atoms with Crippen molar-refractivity contribution in [3.63, 3.8) is 0 Å². The molecule has 0 spiro atoms. The van der Waals surface area contributed by atoms with E-state index in [4.69, 9.17) is 17.3 Å². The van der Waals surface area contributed by atoms with E-state index in [0.717, 1.165) is 34.5 Å². The molecule has 0 radical (unpaired) electrons. The van der Waals surface area contributed by atoms with E-state index in [9.17, 15) is 4.79 Å². The lowest BCUT2D eigenvalue weighted by Gasteiger charge is -2.20. The van der Waals surface area contributed by atoms with Gasteiger partial charge in [-0.05, 0) is 44.5 Å². The number of carbonyl (C=O) groups excluding carboxylic acids is 1. The van der Waals surface area contributed by atoms with Crippen LogP contribution in [0.3, 0.4) is 0 Å². The van der Waals surface area contributed by atoms with Gasteiger partial charge in [0.1, 0.15) is 12.1 Å². The smallest absolute Gasteiger partial charge is 0.255 e. The molecule has 0 fully saturated rings. The molecule has 2 N–H and O–H groups in total. The summed E-state index contributed by atoms with van der Waals surface area (Å²) >= 11 is 6.37. The normalized spacial score (nSPS) is 10.8. The number of aryl methyl sites for hydroxylation is 1. The van der Waals surface area contributed by atoms with Crippen molar-refractivity contribution in [2.45, 2.75) is 27.2 Å². The Hall–Kier alpha value is -2.99. The van der Waals surface area contributed by atoms with Crippen LogP contribution in [0.2, 0.25) is 5.02 Å². The fraction of sp³-hybridized carbons (Fsp3) is 0.273. The molecule has 3 rings (SSSR count). The second-order valence-corrected chi connectivity index (χ2v) is 6.95. The van der Waals surface area contributed by atoms with Crippen molar-refractivity contribution >= 4 is 23.3 Å². The molecule has 7 heteroatoms. The van der Waals surface area contributed by atoms with Crippen LogP contribution in [-0.2, 0) is 6.42 Å². The first-order valence-corrected chi connectivity index (χ1v) is 10.0. The van der Waals surface area contributed by atoms with Crippen LogP contribution in [0, 0.1) is 0 Å². The Kier molecular flexibility index (Phi) is 6.44. The third kappa shape index (κ3) is 4.22. The summed E-state index contributed by atoms with van der Waals surface area (Å²) in [6, 6.07) is 9.08. The highest BCUT2D eigenvalue weighted by molar-refractivity contribution is 6.34. The molecule has 1 amide bonds. The maximum atomic E-state index is 12.9. The van der Waals surface area contributed by atoms with Crippen molar-refractivity contribution in [2.24, 2.45) is 0 Å². The van der Waals surface area contributed by atoms with E-state index in [0.29, 0.717) is 29.5 Å². The lowest BCUT2D eigenvalue weighted by Crippen LogP contribution is -2.30. The van der Waals surface area contributed by atoms with Crippen LogP contribution in [0.4, 0.5) is 5.82 Å². The number of benzene rings is 1. The highest BCUT2D eigenvalue weighted by Gasteiger charge is 2.20. The molecule has 29 heavy (non-hydrogen) atoms. The van der Waals surface area contributed by atoms with Crippen LogP contribution in [0.5, 0.6) is 0 Å². The Morgan fingerprint density at radius 2 is 1.76 bits per heavy atom. The van der Waals surface area contributed by atoms with E-state index in [1.165, 1.54) is 0 Å². The lowest BCUT2D eigenvalue weighted by atomic mass is 9.96. The summed E-state index contributed by atoms with van der Waals surface area (Å²) in [5.74, 6) is 0.353. The van der Waals surface area contributed by atoms with Crippen LogP contribution >= 0.6 is 11.6 Å². The number of carbonyl (C=O) groups is 1. The van der Waals surface area contributed by atoms with E-state index in [1.54, 1.807) is 35.6 Å². The number of nitrogens with two attached hydrogens (primary N) is 1. The standard InChI is InChI=1S/C22H24ClN5O/c1-4-18-20(15-8-10-19(24)25-12-15)21(27-13-26-18)14-7-9-17(23)16(11-14)22(29)28(5-2)6-3/h7-13H,4-6H2,1-3H3,(H2,24,25). The average Bonchev–Trinajstić information content (AvgIpc) is 2.75. The Labute approximate surface area is 175 Å². The summed E-state index contributed by atoms with van der Waals surface area (Å²) < 4.78 is 0. The minimum absolute atomic E-state index is 0.0951. The van der Waals surface area contributed by atoms with E-state index < -0.39 is 0 Å². The molecule has 0 atom stereocenters. The van der Waals surface area contributed by atoms with Crippen molar-refractivity contribution in [3.05, 3.63) is 59.1 Å². The molecular formula is C22H24ClN5O. The Morgan fingerprint density at radius 1 is 1.03 bits per heavy atom. The number of nitrogens with zero attached hydrogens (tertiary/aromatic N) is 4. The van der Waals surface area contributed by atoms with Crippen LogP contribution in [0.1, 0.15) is 36.8 Å². The van der Waals surface area contributed by atoms with Crippen molar-refractivity contribution in [1.29, 1.82) is 0 Å². The van der Waals surface area contributed by atoms with E-state index >= 15 is 0 Å². The van der Waals surface area contributed by atoms with Crippen molar-refractivity contribution in [1.82, 2.24) is 19.9 Å². The summed E-state index contributed by atoms with van der Waals surface area (Å²) in [6.45, 7) is 7.17. The van der Waals surface area contributed by atoms with Gasteiger partial charge < -0.3 is 10.6 Å². The highest BCUT2D eigenvalue weighted by atomic mass is 35.5. The molecule has 0 aliphatic carbocycles. The maximum absolute atomic E-state index is 12.9. The zero-order chi connectivity index (χ0) is 21.0. The SMILES string of the molecule is CCc1ncnc(-c2ccc(Cl)c(C(=O)N(CC)CC)c2)c1-c1ccc(N)nc1. The van der Waals surface area contributed by atoms with Crippen molar-refractivity contribution in [2.75, 3.05) is 18.8 Å².